The van der Waals surface area contributed by atoms with E-state index in [4.69, 9.17) is 4.74 Å². The van der Waals surface area contributed by atoms with Crippen LogP contribution in [0.1, 0.15) is 30.9 Å². The molecule has 132 valence electrons. The molecule has 1 heterocycles. The summed E-state index contributed by atoms with van der Waals surface area (Å²) < 4.78 is 5.10. The number of carbonyl (C=O) groups excluding carboxylic acids is 2. The van der Waals surface area contributed by atoms with Gasteiger partial charge in [0, 0.05) is 19.6 Å². The zero-order valence-electron chi connectivity index (χ0n) is 15.0. The minimum absolute atomic E-state index is 0.0834. The largest absolute Gasteiger partial charge is 0.466 e. The molecule has 5 heteroatoms. The molecular formula is C19H28N2O3. The molecule has 1 fully saturated rings. The van der Waals surface area contributed by atoms with E-state index in [0.29, 0.717) is 19.7 Å². The Morgan fingerprint density at radius 2 is 2.08 bits per heavy atom. The summed E-state index contributed by atoms with van der Waals surface area (Å²) in [5.74, 6) is -0.271. The average molecular weight is 332 g/mol. The number of rotatable bonds is 6. The second-order valence-corrected chi connectivity index (χ2v) is 6.53. The van der Waals surface area contributed by atoms with Crippen molar-refractivity contribution in [1.29, 1.82) is 0 Å². The Morgan fingerprint density at radius 3 is 2.79 bits per heavy atom. The first-order valence-electron chi connectivity index (χ1n) is 8.68. The van der Waals surface area contributed by atoms with E-state index in [9.17, 15) is 9.59 Å². The second-order valence-electron chi connectivity index (χ2n) is 6.53. The van der Waals surface area contributed by atoms with Crippen LogP contribution < -0.4 is 0 Å². The molecule has 1 amide bonds. The van der Waals surface area contributed by atoms with E-state index in [1.54, 1.807) is 4.90 Å². The Morgan fingerprint density at radius 1 is 1.33 bits per heavy atom. The lowest BCUT2D eigenvalue weighted by atomic mass is 9.98. The van der Waals surface area contributed by atoms with Gasteiger partial charge in [-0.3, -0.25) is 14.5 Å². The fraction of sp³-hybridized carbons (Fsp3) is 0.579. The van der Waals surface area contributed by atoms with Crippen LogP contribution in [0, 0.1) is 12.8 Å². The zero-order valence-corrected chi connectivity index (χ0v) is 15.0. The molecule has 1 aromatic rings. The standard InChI is InChI=1S/C19H28N2O3/c1-4-24-19(23)17-10-7-11-21(13-17)18(22)14-20(3)12-16-9-6-5-8-15(16)2/h5-6,8-9,17H,4,7,10-14H2,1-3H3. The lowest BCUT2D eigenvalue weighted by Gasteiger charge is -2.32. The van der Waals surface area contributed by atoms with E-state index < -0.39 is 0 Å². The number of likely N-dealkylation sites (N-methyl/N-ethyl adjacent to an activating group) is 1. The molecule has 0 N–H and O–H groups in total. The topological polar surface area (TPSA) is 49.9 Å². The van der Waals surface area contributed by atoms with E-state index in [1.807, 2.05) is 31.0 Å². The van der Waals surface area contributed by atoms with Crippen LogP contribution in [0.3, 0.4) is 0 Å². The van der Waals surface area contributed by atoms with Crippen molar-refractivity contribution in [3.8, 4) is 0 Å². The number of carbonyl (C=O) groups is 2. The molecule has 1 aliphatic heterocycles. The number of hydrogen-bond donors (Lipinski definition) is 0. The van der Waals surface area contributed by atoms with Gasteiger partial charge >= 0.3 is 5.97 Å². The molecule has 0 aromatic heterocycles. The second kappa shape index (κ2) is 8.83. The molecule has 2 rings (SSSR count). The van der Waals surface area contributed by atoms with E-state index in [-0.39, 0.29) is 17.8 Å². The van der Waals surface area contributed by atoms with E-state index in [0.717, 1.165) is 25.9 Å². The molecule has 24 heavy (non-hydrogen) atoms. The fourth-order valence-electron chi connectivity index (χ4n) is 3.12. The molecule has 0 aliphatic carbocycles. The maximum Gasteiger partial charge on any atom is 0.310 e. The number of aryl methyl sites for hydroxylation is 1. The van der Waals surface area contributed by atoms with Crippen LogP contribution in [0.5, 0.6) is 0 Å². The highest BCUT2D eigenvalue weighted by atomic mass is 16.5. The molecule has 1 saturated heterocycles. The predicted octanol–water partition coefficient (Wildman–Crippen LogP) is 2.23. The predicted molar refractivity (Wildman–Crippen MR) is 93.5 cm³/mol. The van der Waals surface area contributed by atoms with Crippen LogP contribution >= 0.6 is 0 Å². The third-order valence-corrected chi connectivity index (χ3v) is 4.50. The Hall–Kier alpha value is -1.88. The molecule has 0 radical (unpaired) electrons. The first kappa shape index (κ1) is 18.5. The summed E-state index contributed by atoms with van der Waals surface area (Å²) in [5, 5.41) is 0. The number of likely N-dealkylation sites (tertiary alicyclic amines) is 1. The summed E-state index contributed by atoms with van der Waals surface area (Å²) in [7, 11) is 1.96. The highest BCUT2D eigenvalue weighted by Crippen LogP contribution is 2.18. The van der Waals surface area contributed by atoms with Gasteiger partial charge in [-0.15, -0.1) is 0 Å². The smallest absolute Gasteiger partial charge is 0.310 e. The van der Waals surface area contributed by atoms with Gasteiger partial charge < -0.3 is 9.64 Å². The Labute approximate surface area is 144 Å². The summed E-state index contributed by atoms with van der Waals surface area (Å²) in [6.45, 7) is 6.60. The van der Waals surface area contributed by atoms with Crippen LogP contribution in [-0.4, -0.2) is 55.0 Å². The lowest BCUT2D eigenvalue weighted by Crippen LogP contribution is -2.46. The summed E-state index contributed by atoms with van der Waals surface area (Å²) in [5.41, 5.74) is 2.47. The van der Waals surface area contributed by atoms with Gasteiger partial charge in [0.1, 0.15) is 0 Å². The van der Waals surface area contributed by atoms with E-state index >= 15 is 0 Å². The van der Waals surface area contributed by atoms with Crippen LogP contribution in [0.25, 0.3) is 0 Å². The highest BCUT2D eigenvalue weighted by molar-refractivity contribution is 5.80. The van der Waals surface area contributed by atoms with Crippen molar-refractivity contribution in [3.63, 3.8) is 0 Å². The fourth-order valence-corrected chi connectivity index (χ4v) is 3.12. The summed E-state index contributed by atoms with van der Waals surface area (Å²) in [6.07, 6.45) is 1.67. The van der Waals surface area contributed by atoms with Gasteiger partial charge in [0.15, 0.2) is 0 Å². The van der Waals surface area contributed by atoms with Crippen molar-refractivity contribution in [2.75, 3.05) is 33.3 Å². The molecule has 1 atom stereocenters. The van der Waals surface area contributed by atoms with Crippen LogP contribution in [-0.2, 0) is 20.9 Å². The van der Waals surface area contributed by atoms with E-state index in [2.05, 4.69) is 19.1 Å². The molecule has 0 bridgehead atoms. The van der Waals surface area contributed by atoms with Gasteiger partial charge in [0.05, 0.1) is 19.1 Å². The van der Waals surface area contributed by atoms with Crippen LogP contribution in [0.15, 0.2) is 24.3 Å². The molecule has 1 unspecified atom stereocenters. The molecule has 0 spiro atoms. The molecule has 1 aliphatic rings. The normalized spacial score (nSPS) is 17.8. The quantitative estimate of drug-likeness (QED) is 0.750. The van der Waals surface area contributed by atoms with Gasteiger partial charge in [-0.05, 0) is 44.9 Å². The number of nitrogens with zero attached hydrogens (tertiary/aromatic N) is 2. The third kappa shape index (κ3) is 5.06. The van der Waals surface area contributed by atoms with Gasteiger partial charge in [0.2, 0.25) is 5.91 Å². The summed E-state index contributed by atoms with van der Waals surface area (Å²) in [4.78, 5) is 28.3. The number of piperidine rings is 1. The van der Waals surface area contributed by atoms with Gasteiger partial charge in [-0.1, -0.05) is 24.3 Å². The van der Waals surface area contributed by atoms with Crippen molar-refractivity contribution in [3.05, 3.63) is 35.4 Å². The van der Waals surface area contributed by atoms with Crippen molar-refractivity contribution < 1.29 is 14.3 Å². The third-order valence-electron chi connectivity index (χ3n) is 4.50. The zero-order chi connectivity index (χ0) is 17.5. The maximum absolute atomic E-state index is 12.5. The number of benzene rings is 1. The maximum atomic E-state index is 12.5. The minimum Gasteiger partial charge on any atom is -0.466 e. The van der Waals surface area contributed by atoms with Crippen molar-refractivity contribution in [1.82, 2.24) is 9.80 Å². The molecular weight excluding hydrogens is 304 g/mol. The average Bonchev–Trinajstić information content (AvgIpc) is 2.57. The first-order valence-corrected chi connectivity index (χ1v) is 8.68. The van der Waals surface area contributed by atoms with Gasteiger partial charge in [-0.2, -0.15) is 0 Å². The van der Waals surface area contributed by atoms with Crippen molar-refractivity contribution in [2.24, 2.45) is 5.92 Å². The Bertz CT molecular complexity index is 573. The molecule has 5 nitrogen and oxygen atoms in total. The van der Waals surface area contributed by atoms with Crippen LogP contribution in [0.2, 0.25) is 0 Å². The first-order chi connectivity index (χ1) is 11.5. The van der Waals surface area contributed by atoms with Gasteiger partial charge in [-0.25, -0.2) is 0 Å². The Balaban J connectivity index is 1.87. The van der Waals surface area contributed by atoms with E-state index in [1.165, 1.54) is 11.1 Å². The highest BCUT2D eigenvalue weighted by Gasteiger charge is 2.29. The monoisotopic (exact) mass is 332 g/mol. The van der Waals surface area contributed by atoms with Gasteiger partial charge in [0.25, 0.3) is 0 Å². The summed E-state index contributed by atoms with van der Waals surface area (Å²) >= 11 is 0. The lowest BCUT2D eigenvalue weighted by molar-refractivity contribution is -0.151. The van der Waals surface area contributed by atoms with Crippen molar-refractivity contribution in [2.45, 2.75) is 33.2 Å². The summed E-state index contributed by atoms with van der Waals surface area (Å²) in [6, 6.07) is 8.22. The molecule has 0 saturated carbocycles. The van der Waals surface area contributed by atoms with Crippen LogP contribution in [0.4, 0.5) is 0 Å². The minimum atomic E-state index is -0.178. The number of amides is 1. The van der Waals surface area contributed by atoms with Crippen molar-refractivity contribution >= 4 is 11.9 Å². The molecule has 1 aromatic carbocycles. The number of hydrogen-bond acceptors (Lipinski definition) is 4. The Kier molecular flexibility index (Phi) is 6.79. The number of ether oxygens (including phenoxy) is 1. The SMILES string of the molecule is CCOC(=O)C1CCCN(C(=O)CN(C)Cc2ccccc2C)C1. The number of esters is 1.